The van der Waals surface area contributed by atoms with E-state index in [4.69, 9.17) is 16.2 Å². The van der Waals surface area contributed by atoms with Crippen LogP contribution in [0.3, 0.4) is 0 Å². The molecule has 1 rings (SSSR count). The van der Waals surface area contributed by atoms with Crippen LogP contribution in [0.25, 0.3) is 0 Å². The van der Waals surface area contributed by atoms with E-state index in [2.05, 4.69) is 23.8 Å². The van der Waals surface area contributed by atoms with Crippen LogP contribution in [-0.4, -0.2) is 16.6 Å². The quantitative estimate of drug-likeness (QED) is 0.768. The summed E-state index contributed by atoms with van der Waals surface area (Å²) < 4.78 is 5.53. The lowest BCUT2D eigenvalue weighted by atomic mass is 10.1. The molecule has 15 heavy (non-hydrogen) atoms. The van der Waals surface area contributed by atoms with Crippen molar-refractivity contribution in [2.24, 2.45) is 5.92 Å². The third-order valence-electron chi connectivity index (χ3n) is 2.43. The van der Waals surface area contributed by atoms with E-state index in [0.717, 1.165) is 12.8 Å². The highest BCUT2D eigenvalue weighted by Crippen LogP contribution is 2.19. The number of hydrogen-bond acceptors (Lipinski definition) is 5. The Bertz CT molecular complexity index is 312. The number of anilines is 2. The maximum Gasteiger partial charge on any atom is 0.222 e. The summed E-state index contributed by atoms with van der Waals surface area (Å²) in [6, 6.07) is 0. The molecule has 0 spiro atoms. The van der Waals surface area contributed by atoms with E-state index in [1.165, 1.54) is 6.20 Å². The normalized spacial score (nSPS) is 10.6. The van der Waals surface area contributed by atoms with E-state index < -0.39 is 0 Å². The highest BCUT2D eigenvalue weighted by Gasteiger charge is 2.07. The zero-order valence-corrected chi connectivity index (χ0v) is 9.23. The molecular formula is C10H18N4O. The first-order valence-corrected chi connectivity index (χ1v) is 5.18. The predicted molar refractivity (Wildman–Crippen MR) is 60.4 cm³/mol. The van der Waals surface area contributed by atoms with Crippen molar-refractivity contribution in [3.8, 4) is 5.75 Å². The Hall–Kier alpha value is -1.52. The summed E-state index contributed by atoms with van der Waals surface area (Å²) in [4.78, 5) is 7.65. The topological polar surface area (TPSA) is 87.0 Å². The van der Waals surface area contributed by atoms with Crippen LogP contribution in [0.2, 0.25) is 0 Å². The lowest BCUT2D eigenvalue weighted by Gasteiger charge is -2.14. The SMILES string of the molecule is CCC(CC)COc1cnc(N)nc1N. The van der Waals surface area contributed by atoms with Gasteiger partial charge in [0.1, 0.15) is 0 Å². The summed E-state index contributed by atoms with van der Waals surface area (Å²) >= 11 is 0. The minimum atomic E-state index is 0.169. The molecule has 0 aliphatic rings. The van der Waals surface area contributed by atoms with Gasteiger partial charge in [-0.3, -0.25) is 0 Å². The van der Waals surface area contributed by atoms with Crippen LogP contribution >= 0.6 is 0 Å². The monoisotopic (exact) mass is 210 g/mol. The number of ether oxygens (including phenoxy) is 1. The van der Waals surface area contributed by atoms with Crippen molar-refractivity contribution in [3.63, 3.8) is 0 Å². The molecule has 5 heteroatoms. The summed E-state index contributed by atoms with van der Waals surface area (Å²) in [5.74, 6) is 1.52. The first-order chi connectivity index (χ1) is 7.17. The second-order valence-corrected chi connectivity index (χ2v) is 3.47. The van der Waals surface area contributed by atoms with Crippen molar-refractivity contribution in [2.75, 3.05) is 18.1 Å². The van der Waals surface area contributed by atoms with E-state index in [1.807, 2.05) is 0 Å². The van der Waals surface area contributed by atoms with Crippen LogP contribution in [0.1, 0.15) is 26.7 Å². The Morgan fingerprint density at radius 2 is 2.00 bits per heavy atom. The Labute approximate surface area is 89.9 Å². The van der Waals surface area contributed by atoms with Gasteiger partial charge in [-0.2, -0.15) is 4.98 Å². The van der Waals surface area contributed by atoms with Gasteiger partial charge in [-0.15, -0.1) is 0 Å². The minimum absolute atomic E-state index is 0.169. The summed E-state index contributed by atoms with van der Waals surface area (Å²) in [7, 11) is 0. The summed E-state index contributed by atoms with van der Waals surface area (Å²) in [6.07, 6.45) is 3.69. The number of nitrogens with two attached hydrogens (primary N) is 2. The largest absolute Gasteiger partial charge is 0.488 e. The van der Waals surface area contributed by atoms with E-state index in [-0.39, 0.29) is 5.95 Å². The lowest BCUT2D eigenvalue weighted by Crippen LogP contribution is -2.12. The van der Waals surface area contributed by atoms with E-state index in [0.29, 0.717) is 24.1 Å². The maximum atomic E-state index is 5.63. The molecule has 0 saturated carbocycles. The first-order valence-electron chi connectivity index (χ1n) is 5.18. The minimum Gasteiger partial charge on any atom is -0.488 e. The van der Waals surface area contributed by atoms with Crippen LogP contribution < -0.4 is 16.2 Å². The Balaban J connectivity index is 2.57. The molecule has 0 aromatic carbocycles. The molecule has 84 valence electrons. The molecule has 0 aliphatic heterocycles. The molecule has 1 heterocycles. The van der Waals surface area contributed by atoms with Crippen LogP contribution in [0.4, 0.5) is 11.8 Å². The number of nitrogens with zero attached hydrogens (tertiary/aromatic N) is 2. The third kappa shape index (κ3) is 3.27. The molecule has 1 aromatic heterocycles. The summed E-state index contributed by atoms with van der Waals surface area (Å²) in [5, 5.41) is 0. The zero-order chi connectivity index (χ0) is 11.3. The van der Waals surface area contributed by atoms with E-state index in [9.17, 15) is 0 Å². The molecule has 5 nitrogen and oxygen atoms in total. The van der Waals surface area contributed by atoms with Gasteiger partial charge in [0.25, 0.3) is 0 Å². The molecular weight excluding hydrogens is 192 g/mol. The van der Waals surface area contributed by atoms with Gasteiger partial charge in [0.2, 0.25) is 5.95 Å². The fourth-order valence-electron chi connectivity index (χ4n) is 1.24. The molecule has 0 amide bonds. The summed E-state index contributed by atoms with van der Waals surface area (Å²) in [6.45, 7) is 4.92. The van der Waals surface area contributed by atoms with Gasteiger partial charge < -0.3 is 16.2 Å². The molecule has 0 aliphatic carbocycles. The van der Waals surface area contributed by atoms with Gasteiger partial charge in [-0.25, -0.2) is 4.98 Å². The lowest BCUT2D eigenvalue weighted by molar-refractivity contribution is 0.240. The van der Waals surface area contributed by atoms with E-state index in [1.54, 1.807) is 0 Å². The highest BCUT2D eigenvalue weighted by atomic mass is 16.5. The van der Waals surface area contributed by atoms with Crippen molar-refractivity contribution in [2.45, 2.75) is 26.7 Å². The second-order valence-electron chi connectivity index (χ2n) is 3.47. The average molecular weight is 210 g/mol. The Kier molecular flexibility index (Phi) is 4.15. The average Bonchev–Trinajstić information content (AvgIpc) is 2.22. The van der Waals surface area contributed by atoms with Crippen LogP contribution in [0.15, 0.2) is 6.20 Å². The molecule has 0 radical (unpaired) electrons. The van der Waals surface area contributed by atoms with Gasteiger partial charge in [0.15, 0.2) is 11.6 Å². The highest BCUT2D eigenvalue weighted by molar-refractivity contribution is 5.46. The molecule has 0 fully saturated rings. The fraction of sp³-hybridized carbons (Fsp3) is 0.600. The smallest absolute Gasteiger partial charge is 0.222 e. The van der Waals surface area contributed by atoms with Gasteiger partial charge in [0, 0.05) is 0 Å². The van der Waals surface area contributed by atoms with Crippen molar-refractivity contribution >= 4 is 11.8 Å². The summed E-state index contributed by atoms with van der Waals surface area (Å²) in [5.41, 5.74) is 11.0. The van der Waals surface area contributed by atoms with Crippen molar-refractivity contribution in [1.82, 2.24) is 9.97 Å². The van der Waals surface area contributed by atoms with Crippen LogP contribution in [-0.2, 0) is 0 Å². The Morgan fingerprint density at radius 3 is 2.53 bits per heavy atom. The maximum absolute atomic E-state index is 5.63. The van der Waals surface area contributed by atoms with E-state index >= 15 is 0 Å². The number of aromatic nitrogens is 2. The number of nitrogen functional groups attached to an aromatic ring is 2. The molecule has 4 N–H and O–H groups in total. The molecule has 1 aromatic rings. The number of rotatable bonds is 5. The zero-order valence-electron chi connectivity index (χ0n) is 9.23. The Morgan fingerprint density at radius 1 is 1.33 bits per heavy atom. The van der Waals surface area contributed by atoms with Crippen molar-refractivity contribution in [3.05, 3.63) is 6.20 Å². The predicted octanol–water partition coefficient (Wildman–Crippen LogP) is 1.46. The standard InChI is InChI=1S/C10H18N4O/c1-3-7(4-2)6-15-8-5-13-10(12)14-9(8)11/h5,7H,3-4,6H2,1-2H3,(H4,11,12,13,14). The van der Waals surface area contributed by atoms with Crippen LogP contribution in [0.5, 0.6) is 5.75 Å². The third-order valence-corrected chi connectivity index (χ3v) is 2.43. The van der Waals surface area contributed by atoms with Crippen molar-refractivity contribution < 1.29 is 4.74 Å². The first kappa shape index (κ1) is 11.6. The second kappa shape index (κ2) is 5.38. The molecule has 0 saturated heterocycles. The molecule has 0 atom stereocenters. The molecule has 0 unspecified atom stereocenters. The van der Waals surface area contributed by atoms with Gasteiger partial charge in [-0.05, 0) is 5.92 Å². The fourth-order valence-corrected chi connectivity index (χ4v) is 1.24. The van der Waals surface area contributed by atoms with Crippen molar-refractivity contribution in [1.29, 1.82) is 0 Å². The number of hydrogen-bond donors (Lipinski definition) is 2. The van der Waals surface area contributed by atoms with Gasteiger partial charge in [0.05, 0.1) is 12.8 Å². The molecule has 0 bridgehead atoms. The van der Waals surface area contributed by atoms with Gasteiger partial charge >= 0.3 is 0 Å². The van der Waals surface area contributed by atoms with Gasteiger partial charge in [-0.1, -0.05) is 26.7 Å². The van der Waals surface area contributed by atoms with Crippen LogP contribution in [0, 0.1) is 5.92 Å².